The predicted molar refractivity (Wildman–Crippen MR) is 89.2 cm³/mol. The average molecular weight is 290 g/mol. The number of H-pyrrole nitrogens is 1. The first kappa shape index (κ1) is 13.1. The number of carbonyl (C=O) groups is 1. The molecule has 3 aromatic rings. The van der Waals surface area contributed by atoms with Crippen LogP contribution in [0.5, 0.6) is 0 Å². The van der Waals surface area contributed by atoms with Crippen LogP contribution in [-0.4, -0.2) is 17.4 Å². The van der Waals surface area contributed by atoms with Crippen LogP contribution in [0, 0.1) is 6.92 Å². The first-order valence-electron chi connectivity index (χ1n) is 7.68. The highest BCUT2D eigenvalue weighted by Gasteiger charge is 2.25. The number of carbonyl (C=O) groups excluding carboxylic acids is 1. The normalized spacial score (nSPS) is 13.6. The zero-order valence-corrected chi connectivity index (χ0v) is 12.6. The van der Waals surface area contributed by atoms with E-state index in [1.807, 2.05) is 42.2 Å². The Labute approximate surface area is 129 Å². The molecule has 1 aliphatic rings. The van der Waals surface area contributed by atoms with Crippen molar-refractivity contribution in [3.63, 3.8) is 0 Å². The number of aryl methyl sites for hydroxylation is 1. The zero-order valence-electron chi connectivity index (χ0n) is 12.6. The molecule has 0 unspecified atom stereocenters. The maximum absolute atomic E-state index is 12.8. The Morgan fingerprint density at radius 3 is 2.82 bits per heavy atom. The molecule has 0 atom stereocenters. The van der Waals surface area contributed by atoms with Gasteiger partial charge in [0.15, 0.2) is 0 Å². The Bertz CT molecular complexity index is 863. The molecule has 0 saturated carbocycles. The van der Waals surface area contributed by atoms with Gasteiger partial charge in [-0.1, -0.05) is 36.4 Å². The van der Waals surface area contributed by atoms with Gasteiger partial charge in [-0.15, -0.1) is 0 Å². The van der Waals surface area contributed by atoms with Gasteiger partial charge < -0.3 is 9.88 Å². The lowest BCUT2D eigenvalue weighted by Crippen LogP contribution is -2.30. The summed E-state index contributed by atoms with van der Waals surface area (Å²) in [4.78, 5) is 18.1. The third-order valence-corrected chi connectivity index (χ3v) is 4.54. The summed E-state index contributed by atoms with van der Waals surface area (Å²) in [5, 5.41) is 1.15. The van der Waals surface area contributed by atoms with Crippen LogP contribution < -0.4 is 4.90 Å². The maximum Gasteiger partial charge on any atom is 0.231 e. The minimum Gasteiger partial charge on any atom is -0.358 e. The quantitative estimate of drug-likeness (QED) is 0.769. The van der Waals surface area contributed by atoms with Gasteiger partial charge in [-0.05, 0) is 36.6 Å². The van der Waals surface area contributed by atoms with E-state index in [-0.39, 0.29) is 5.91 Å². The Morgan fingerprint density at radius 2 is 1.91 bits per heavy atom. The lowest BCUT2D eigenvalue weighted by Gasteiger charge is -2.17. The van der Waals surface area contributed by atoms with Crippen molar-refractivity contribution in [2.24, 2.45) is 0 Å². The highest BCUT2D eigenvalue weighted by molar-refractivity contribution is 5.99. The second-order valence-electron chi connectivity index (χ2n) is 5.88. The molecule has 0 radical (unpaired) electrons. The van der Waals surface area contributed by atoms with Crippen LogP contribution in [0.3, 0.4) is 0 Å². The summed E-state index contributed by atoms with van der Waals surface area (Å²) in [5.74, 6) is 0.179. The second-order valence-corrected chi connectivity index (χ2v) is 5.88. The zero-order chi connectivity index (χ0) is 15.1. The molecule has 2 aromatic carbocycles. The van der Waals surface area contributed by atoms with Gasteiger partial charge in [0.2, 0.25) is 5.91 Å². The molecule has 1 amide bonds. The number of hydrogen-bond acceptors (Lipinski definition) is 1. The molecule has 4 rings (SSSR count). The summed E-state index contributed by atoms with van der Waals surface area (Å²) >= 11 is 0. The largest absolute Gasteiger partial charge is 0.358 e. The van der Waals surface area contributed by atoms with Crippen LogP contribution in [0.4, 0.5) is 5.69 Å². The Balaban J connectivity index is 1.66. The number of amides is 1. The van der Waals surface area contributed by atoms with Gasteiger partial charge in [0.25, 0.3) is 0 Å². The number of benzene rings is 2. The Morgan fingerprint density at radius 1 is 1.14 bits per heavy atom. The number of nitrogens with one attached hydrogen (secondary N) is 1. The van der Waals surface area contributed by atoms with Crippen LogP contribution in [0.25, 0.3) is 10.9 Å². The number of aromatic nitrogens is 1. The molecule has 0 saturated heterocycles. The number of aromatic amines is 1. The standard InChI is InChI=1S/C19H18N2O/c1-13-16(15-7-3-4-8-17(15)20-13)12-19(22)21-11-10-14-6-2-5-9-18(14)21/h2-9,20H,10-12H2,1H3. The van der Waals surface area contributed by atoms with Gasteiger partial charge in [-0.2, -0.15) is 0 Å². The molecule has 2 heterocycles. The lowest BCUT2D eigenvalue weighted by atomic mass is 10.1. The topological polar surface area (TPSA) is 36.1 Å². The Kier molecular flexibility index (Phi) is 3.00. The van der Waals surface area contributed by atoms with Gasteiger partial charge in [0, 0.05) is 28.8 Å². The molecule has 1 aliphatic heterocycles. The predicted octanol–water partition coefficient (Wildman–Crippen LogP) is 3.61. The fourth-order valence-electron chi connectivity index (χ4n) is 3.41. The highest BCUT2D eigenvalue weighted by atomic mass is 16.2. The number of hydrogen-bond donors (Lipinski definition) is 1. The first-order valence-corrected chi connectivity index (χ1v) is 7.68. The van der Waals surface area contributed by atoms with Crippen molar-refractivity contribution in [3.05, 3.63) is 65.4 Å². The van der Waals surface area contributed by atoms with E-state index in [1.165, 1.54) is 5.56 Å². The average Bonchev–Trinajstić information content (AvgIpc) is 3.09. The Hall–Kier alpha value is -2.55. The molecule has 1 N–H and O–H groups in total. The van der Waals surface area contributed by atoms with E-state index in [2.05, 4.69) is 23.2 Å². The third kappa shape index (κ3) is 2.01. The van der Waals surface area contributed by atoms with E-state index in [9.17, 15) is 4.79 Å². The highest BCUT2D eigenvalue weighted by Crippen LogP contribution is 2.29. The second kappa shape index (κ2) is 5.02. The minimum absolute atomic E-state index is 0.179. The van der Waals surface area contributed by atoms with E-state index in [4.69, 9.17) is 0 Å². The monoisotopic (exact) mass is 290 g/mol. The van der Waals surface area contributed by atoms with Crippen molar-refractivity contribution in [2.45, 2.75) is 19.8 Å². The fourth-order valence-corrected chi connectivity index (χ4v) is 3.41. The summed E-state index contributed by atoms with van der Waals surface area (Å²) in [6.45, 7) is 2.83. The summed E-state index contributed by atoms with van der Waals surface area (Å²) in [6.07, 6.45) is 1.40. The van der Waals surface area contributed by atoms with E-state index in [0.717, 1.165) is 40.8 Å². The first-order chi connectivity index (χ1) is 10.7. The number of fused-ring (bicyclic) bond motifs is 2. The molecule has 22 heavy (non-hydrogen) atoms. The van der Waals surface area contributed by atoms with E-state index in [1.54, 1.807) is 0 Å². The number of rotatable bonds is 2. The van der Waals surface area contributed by atoms with Crippen LogP contribution >= 0.6 is 0 Å². The van der Waals surface area contributed by atoms with Crippen LogP contribution in [0.2, 0.25) is 0 Å². The van der Waals surface area contributed by atoms with Gasteiger partial charge in [0.05, 0.1) is 6.42 Å². The molecular weight excluding hydrogens is 272 g/mol. The molecule has 3 heteroatoms. The summed E-state index contributed by atoms with van der Waals surface area (Å²) in [5.41, 5.74) is 5.65. The van der Waals surface area contributed by atoms with Crippen molar-refractivity contribution in [1.29, 1.82) is 0 Å². The molecule has 0 fully saturated rings. The van der Waals surface area contributed by atoms with Crippen LogP contribution in [-0.2, 0) is 17.6 Å². The molecule has 0 aliphatic carbocycles. The molecule has 110 valence electrons. The van der Waals surface area contributed by atoms with Crippen molar-refractivity contribution < 1.29 is 4.79 Å². The third-order valence-electron chi connectivity index (χ3n) is 4.54. The molecular formula is C19H18N2O. The van der Waals surface area contributed by atoms with Crippen molar-refractivity contribution >= 4 is 22.5 Å². The summed E-state index contributed by atoms with van der Waals surface area (Å²) < 4.78 is 0. The molecule has 0 bridgehead atoms. The fraction of sp³-hybridized carbons (Fsp3) is 0.211. The van der Waals surface area contributed by atoms with Crippen molar-refractivity contribution in [2.75, 3.05) is 11.4 Å². The van der Waals surface area contributed by atoms with E-state index in [0.29, 0.717) is 6.42 Å². The molecule has 3 nitrogen and oxygen atoms in total. The van der Waals surface area contributed by atoms with E-state index < -0.39 is 0 Å². The van der Waals surface area contributed by atoms with Crippen molar-refractivity contribution in [1.82, 2.24) is 4.98 Å². The minimum atomic E-state index is 0.179. The number of nitrogens with zero attached hydrogens (tertiary/aromatic N) is 1. The van der Waals surface area contributed by atoms with Crippen LogP contribution in [0.1, 0.15) is 16.8 Å². The maximum atomic E-state index is 12.8. The van der Waals surface area contributed by atoms with Gasteiger partial charge >= 0.3 is 0 Å². The summed E-state index contributed by atoms with van der Waals surface area (Å²) in [6, 6.07) is 16.4. The van der Waals surface area contributed by atoms with E-state index >= 15 is 0 Å². The van der Waals surface area contributed by atoms with Gasteiger partial charge in [0.1, 0.15) is 0 Å². The van der Waals surface area contributed by atoms with Gasteiger partial charge in [-0.25, -0.2) is 0 Å². The molecule has 1 aromatic heterocycles. The number of para-hydroxylation sites is 2. The summed E-state index contributed by atoms with van der Waals surface area (Å²) in [7, 11) is 0. The number of anilines is 1. The molecule has 0 spiro atoms. The SMILES string of the molecule is Cc1[nH]c2ccccc2c1CC(=O)N1CCc2ccccc21. The smallest absolute Gasteiger partial charge is 0.231 e. The van der Waals surface area contributed by atoms with Gasteiger partial charge in [-0.3, -0.25) is 4.79 Å². The lowest BCUT2D eigenvalue weighted by molar-refractivity contribution is -0.117. The van der Waals surface area contributed by atoms with Crippen molar-refractivity contribution in [3.8, 4) is 0 Å². The van der Waals surface area contributed by atoms with Crippen LogP contribution in [0.15, 0.2) is 48.5 Å².